The fraction of sp³-hybridized carbons (Fsp3) is 0.286. The summed E-state index contributed by atoms with van der Waals surface area (Å²) < 4.78 is 11.2. The number of carbonyl (C=O) groups excluding carboxylic acids is 3. The Morgan fingerprint density at radius 2 is 1.66 bits per heavy atom. The molecular formula is C21H20N4O7. The molecule has 4 rings (SSSR count). The maximum atomic E-state index is 12.4. The van der Waals surface area contributed by atoms with Crippen LogP contribution in [-0.4, -0.2) is 73.0 Å². The van der Waals surface area contributed by atoms with Crippen molar-refractivity contribution in [1.82, 2.24) is 9.80 Å². The van der Waals surface area contributed by atoms with Gasteiger partial charge in [0.15, 0.2) is 0 Å². The number of morpholine rings is 1. The minimum absolute atomic E-state index is 0.0901. The summed E-state index contributed by atoms with van der Waals surface area (Å²) in [7, 11) is 2.57. The topological polar surface area (TPSA) is 126 Å². The second kappa shape index (κ2) is 8.27. The number of ether oxygens (including phenoxy) is 1. The zero-order valence-electron chi connectivity index (χ0n) is 17.4. The van der Waals surface area contributed by atoms with Crippen molar-refractivity contribution in [3.8, 4) is 11.3 Å². The number of amides is 4. The van der Waals surface area contributed by atoms with Gasteiger partial charge in [-0.15, -0.1) is 0 Å². The number of urea groups is 1. The number of nitro benzene ring substituents is 1. The highest BCUT2D eigenvalue weighted by Gasteiger charge is 2.38. The molecule has 11 nitrogen and oxygen atoms in total. The van der Waals surface area contributed by atoms with Crippen LogP contribution in [0.2, 0.25) is 0 Å². The highest BCUT2D eigenvalue weighted by molar-refractivity contribution is 6.30. The van der Waals surface area contributed by atoms with Crippen LogP contribution in [0.1, 0.15) is 5.76 Å². The van der Waals surface area contributed by atoms with Crippen molar-refractivity contribution in [2.45, 2.75) is 0 Å². The Morgan fingerprint density at radius 3 is 2.28 bits per heavy atom. The van der Waals surface area contributed by atoms with Crippen LogP contribution >= 0.6 is 0 Å². The van der Waals surface area contributed by atoms with E-state index in [1.807, 2.05) is 4.90 Å². The summed E-state index contributed by atoms with van der Waals surface area (Å²) in [5, 5.41) is 11.3. The molecule has 0 bridgehead atoms. The number of nitro groups is 1. The molecule has 2 aliphatic rings. The first kappa shape index (κ1) is 21.2. The number of carbonyl (C=O) groups is 3. The van der Waals surface area contributed by atoms with Gasteiger partial charge in [0.2, 0.25) is 0 Å². The van der Waals surface area contributed by atoms with Crippen LogP contribution in [0.3, 0.4) is 0 Å². The average molecular weight is 440 g/mol. The number of imide groups is 2. The summed E-state index contributed by atoms with van der Waals surface area (Å²) in [5.74, 6) is -0.927. The monoisotopic (exact) mass is 440 g/mol. The highest BCUT2D eigenvalue weighted by Crippen LogP contribution is 2.36. The number of rotatable bonds is 4. The SMILES string of the molecule is CN1C(=O)C(=Cc2ccc(-c3cc([N+](=O)[O-])ccc3N3CCOCC3)o2)C(=O)N(C)C1=O. The van der Waals surface area contributed by atoms with Crippen LogP contribution in [0.5, 0.6) is 0 Å². The van der Waals surface area contributed by atoms with E-state index in [2.05, 4.69) is 0 Å². The number of hydrogen-bond donors (Lipinski definition) is 0. The lowest BCUT2D eigenvalue weighted by Crippen LogP contribution is -2.52. The van der Waals surface area contributed by atoms with Crippen molar-refractivity contribution in [3.05, 3.63) is 51.8 Å². The molecule has 1 aromatic carbocycles. The van der Waals surface area contributed by atoms with E-state index in [1.54, 1.807) is 18.2 Å². The second-order valence-electron chi connectivity index (χ2n) is 7.33. The number of likely N-dealkylation sites (N-methyl/N-ethyl adjacent to an activating group) is 2. The van der Waals surface area contributed by atoms with Gasteiger partial charge < -0.3 is 14.1 Å². The summed E-state index contributed by atoms with van der Waals surface area (Å²) in [6.45, 7) is 2.32. The van der Waals surface area contributed by atoms with Gasteiger partial charge in [-0.3, -0.25) is 29.5 Å². The third-order valence-corrected chi connectivity index (χ3v) is 5.37. The van der Waals surface area contributed by atoms with Gasteiger partial charge in [-0.1, -0.05) is 0 Å². The van der Waals surface area contributed by atoms with Crippen LogP contribution in [-0.2, 0) is 14.3 Å². The van der Waals surface area contributed by atoms with Gasteiger partial charge in [-0.05, 0) is 24.3 Å². The zero-order chi connectivity index (χ0) is 23.0. The van der Waals surface area contributed by atoms with Crippen LogP contribution in [0.25, 0.3) is 17.4 Å². The number of hydrogen-bond acceptors (Lipinski definition) is 8. The Bertz CT molecular complexity index is 1120. The molecule has 0 radical (unpaired) electrons. The molecule has 32 heavy (non-hydrogen) atoms. The summed E-state index contributed by atoms with van der Waals surface area (Å²) in [4.78, 5) is 51.3. The van der Waals surface area contributed by atoms with Crippen molar-refractivity contribution in [1.29, 1.82) is 0 Å². The molecule has 0 spiro atoms. The fourth-order valence-corrected chi connectivity index (χ4v) is 3.61. The third-order valence-electron chi connectivity index (χ3n) is 5.37. The standard InChI is InChI=1S/C21H20N4O7/c1-22-19(26)16(20(27)23(2)21(22)28)12-14-4-6-18(32-14)15-11-13(25(29)30)3-5-17(15)24-7-9-31-10-8-24/h3-6,11-12H,7-10H2,1-2H3. The quantitative estimate of drug-likeness (QED) is 0.306. The van der Waals surface area contributed by atoms with Gasteiger partial charge in [0, 0.05) is 50.6 Å². The Kier molecular flexibility index (Phi) is 5.49. The maximum Gasteiger partial charge on any atom is 0.333 e. The lowest BCUT2D eigenvalue weighted by atomic mass is 10.1. The molecular weight excluding hydrogens is 420 g/mol. The number of furan rings is 1. The lowest BCUT2D eigenvalue weighted by Gasteiger charge is -2.30. The zero-order valence-corrected chi connectivity index (χ0v) is 17.4. The lowest BCUT2D eigenvalue weighted by molar-refractivity contribution is -0.384. The fourth-order valence-electron chi connectivity index (χ4n) is 3.61. The molecule has 2 saturated heterocycles. The molecule has 3 heterocycles. The normalized spacial score (nSPS) is 17.2. The number of nitrogens with zero attached hydrogens (tertiary/aromatic N) is 4. The summed E-state index contributed by atoms with van der Waals surface area (Å²) in [5.41, 5.74) is 0.953. The summed E-state index contributed by atoms with van der Waals surface area (Å²) >= 11 is 0. The van der Waals surface area contributed by atoms with Crippen LogP contribution < -0.4 is 4.90 Å². The summed E-state index contributed by atoms with van der Waals surface area (Å²) in [6, 6.07) is 6.99. The molecule has 166 valence electrons. The van der Waals surface area contributed by atoms with Gasteiger partial charge >= 0.3 is 6.03 Å². The van der Waals surface area contributed by atoms with E-state index < -0.39 is 22.8 Å². The maximum absolute atomic E-state index is 12.4. The van der Waals surface area contributed by atoms with Gasteiger partial charge in [0.25, 0.3) is 17.5 Å². The third kappa shape index (κ3) is 3.73. The first-order chi connectivity index (χ1) is 15.3. The van der Waals surface area contributed by atoms with Crippen LogP contribution in [0, 0.1) is 10.1 Å². The molecule has 0 unspecified atom stereocenters. The van der Waals surface area contributed by atoms with Gasteiger partial charge in [-0.2, -0.15) is 0 Å². The highest BCUT2D eigenvalue weighted by atomic mass is 16.6. The molecule has 4 amide bonds. The van der Waals surface area contributed by atoms with Crippen molar-refractivity contribution in [3.63, 3.8) is 0 Å². The van der Waals surface area contributed by atoms with Crippen molar-refractivity contribution in [2.75, 3.05) is 45.3 Å². The average Bonchev–Trinajstić information content (AvgIpc) is 3.28. The number of non-ortho nitro benzene ring substituents is 1. The minimum atomic E-state index is -0.736. The van der Waals surface area contributed by atoms with E-state index in [4.69, 9.17) is 9.15 Å². The molecule has 0 aliphatic carbocycles. The smallest absolute Gasteiger partial charge is 0.333 e. The van der Waals surface area contributed by atoms with E-state index in [1.165, 1.54) is 32.3 Å². The van der Waals surface area contributed by atoms with Crippen molar-refractivity contribution >= 4 is 35.3 Å². The van der Waals surface area contributed by atoms with Gasteiger partial charge in [0.05, 0.1) is 18.1 Å². The Labute approximate surface area is 182 Å². The van der Waals surface area contributed by atoms with E-state index in [-0.39, 0.29) is 17.0 Å². The summed E-state index contributed by atoms with van der Waals surface area (Å²) in [6.07, 6.45) is 1.26. The molecule has 0 atom stereocenters. The molecule has 0 N–H and O–H groups in total. The van der Waals surface area contributed by atoms with Crippen molar-refractivity contribution in [2.24, 2.45) is 0 Å². The van der Waals surface area contributed by atoms with Gasteiger partial charge in [-0.25, -0.2) is 4.79 Å². The largest absolute Gasteiger partial charge is 0.457 e. The number of anilines is 1. The molecule has 11 heteroatoms. The van der Waals surface area contributed by atoms with Crippen LogP contribution in [0.15, 0.2) is 40.3 Å². The van der Waals surface area contributed by atoms with E-state index in [0.717, 1.165) is 15.5 Å². The molecule has 1 aromatic heterocycles. The Morgan fingerprint density at radius 1 is 1.00 bits per heavy atom. The number of benzene rings is 1. The first-order valence-electron chi connectivity index (χ1n) is 9.81. The first-order valence-corrected chi connectivity index (χ1v) is 9.81. The molecule has 2 fully saturated rings. The van der Waals surface area contributed by atoms with Gasteiger partial charge in [0.1, 0.15) is 17.1 Å². The molecule has 0 saturated carbocycles. The molecule has 2 aromatic rings. The Hall–Kier alpha value is -3.99. The van der Waals surface area contributed by atoms with E-state index in [0.29, 0.717) is 37.6 Å². The second-order valence-corrected chi connectivity index (χ2v) is 7.33. The predicted octanol–water partition coefficient (Wildman–Crippen LogP) is 2.13. The minimum Gasteiger partial charge on any atom is -0.457 e. The molecule has 2 aliphatic heterocycles. The van der Waals surface area contributed by atoms with Crippen LogP contribution in [0.4, 0.5) is 16.2 Å². The predicted molar refractivity (Wildman–Crippen MR) is 113 cm³/mol. The van der Waals surface area contributed by atoms with E-state index >= 15 is 0 Å². The Balaban J connectivity index is 1.73. The van der Waals surface area contributed by atoms with Crippen molar-refractivity contribution < 1.29 is 28.5 Å². The van der Waals surface area contributed by atoms with E-state index in [9.17, 15) is 24.5 Å². The number of barbiturate groups is 1.